The lowest BCUT2D eigenvalue weighted by atomic mass is 9.77. The number of nitrogens with zero attached hydrogens (tertiary/aromatic N) is 6. The Morgan fingerprint density at radius 3 is 2.50 bits per heavy atom. The Kier molecular flexibility index (Phi) is 6.91. The van der Waals surface area contributed by atoms with E-state index in [1.807, 2.05) is 12.4 Å². The van der Waals surface area contributed by atoms with Gasteiger partial charge in [0.05, 0.1) is 13.1 Å². The maximum Gasteiger partial charge on any atom is 0.122 e. The Labute approximate surface area is 181 Å². The lowest BCUT2D eigenvalue weighted by Gasteiger charge is -2.40. The fourth-order valence-corrected chi connectivity index (χ4v) is 5.23. The van der Waals surface area contributed by atoms with Crippen molar-refractivity contribution in [3.8, 4) is 0 Å². The lowest BCUT2D eigenvalue weighted by Crippen LogP contribution is -2.43. The van der Waals surface area contributed by atoms with Gasteiger partial charge < -0.3 is 19.4 Å². The molecule has 4 heterocycles. The van der Waals surface area contributed by atoms with E-state index in [0.29, 0.717) is 5.41 Å². The Morgan fingerprint density at radius 1 is 1.03 bits per heavy atom. The van der Waals surface area contributed by atoms with E-state index in [4.69, 9.17) is 0 Å². The highest BCUT2D eigenvalue weighted by molar-refractivity contribution is 4.96. The highest BCUT2D eigenvalue weighted by Crippen LogP contribution is 2.40. The van der Waals surface area contributed by atoms with E-state index in [1.54, 1.807) is 6.20 Å². The van der Waals surface area contributed by atoms with E-state index >= 15 is 0 Å². The third-order valence-corrected chi connectivity index (χ3v) is 6.90. The maximum atomic E-state index is 4.61. The van der Waals surface area contributed by atoms with E-state index < -0.39 is 0 Å². The number of hydrogen-bond donors (Lipinski definition) is 1. The Balaban J connectivity index is 1.23. The van der Waals surface area contributed by atoms with Gasteiger partial charge in [0.2, 0.25) is 0 Å². The number of piperidine rings is 1. The number of rotatable bonds is 9. The predicted molar refractivity (Wildman–Crippen MR) is 120 cm³/mol. The topological polar surface area (TPSA) is 56.2 Å². The van der Waals surface area contributed by atoms with E-state index in [1.165, 1.54) is 52.0 Å². The minimum absolute atomic E-state index is 0.578. The number of nitrogens with one attached hydrogen (secondary N) is 1. The zero-order valence-electron chi connectivity index (χ0n) is 19.1. The first-order valence-corrected chi connectivity index (χ1v) is 11.6. The summed E-state index contributed by atoms with van der Waals surface area (Å²) >= 11 is 0. The summed E-state index contributed by atoms with van der Waals surface area (Å²) in [5.41, 5.74) is 0.578. The first-order valence-electron chi connectivity index (χ1n) is 11.6. The van der Waals surface area contributed by atoms with Crippen LogP contribution in [0.25, 0.3) is 0 Å². The monoisotopic (exact) mass is 413 g/mol. The van der Waals surface area contributed by atoms with Crippen LogP contribution in [0.2, 0.25) is 0 Å². The van der Waals surface area contributed by atoms with E-state index in [0.717, 1.165) is 43.7 Å². The number of aromatic nitrogens is 4. The van der Waals surface area contributed by atoms with Gasteiger partial charge in [-0.25, -0.2) is 9.97 Å². The van der Waals surface area contributed by atoms with Crippen molar-refractivity contribution in [1.29, 1.82) is 0 Å². The van der Waals surface area contributed by atoms with Gasteiger partial charge in [-0.3, -0.25) is 4.90 Å². The van der Waals surface area contributed by atoms with Crippen molar-refractivity contribution in [3.63, 3.8) is 0 Å². The molecule has 0 radical (unpaired) electrons. The molecule has 30 heavy (non-hydrogen) atoms. The van der Waals surface area contributed by atoms with Gasteiger partial charge in [0.15, 0.2) is 0 Å². The third kappa shape index (κ3) is 5.50. The largest absolute Gasteiger partial charge is 0.348 e. The minimum atomic E-state index is 0.578. The summed E-state index contributed by atoms with van der Waals surface area (Å²) in [6.45, 7) is 14.9. The predicted octanol–water partition coefficient (Wildman–Crippen LogP) is 2.68. The molecule has 2 aliphatic rings. The smallest absolute Gasteiger partial charge is 0.122 e. The fourth-order valence-electron chi connectivity index (χ4n) is 5.23. The maximum absolute atomic E-state index is 4.61. The number of H-pyrrole nitrogens is 1. The van der Waals surface area contributed by atoms with Crippen LogP contribution in [-0.2, 0) is 19.6 Å². The average molecular weight is 414 g/mol. The quantitative estimate of drug-likeness (QED) is 0.685. The number of imidazole rings is 2. The summed E-state index contributed by atoms with van der Waals surface area (Å²) < 4.78 is 2.33. The van der Waals surface area contributed by atoms with Crippen molar-refractivity contribution < 1.29 is 0 Å². The number of likely N-dealkylation sites (tertiary alicyclic amines) is 2. The summed E-state index contributed by atoms with van der Waals surface area (Å²) in [7, 11) is 2.12. The highest BCUT2D eigenvalue weighted by atomic mass is 15.2. The van der Waals surface area contributed by atoms with Gasteiger partial charge in [-0.15, -0.1) is 0 Å². The number of aromatic amines is 1. The highest BCUT2D eigenvalue weighted by Gasteiger charge is 2.40. The first kappa shape index (κ1) is 21.5. The molecule has 0 amide bonds. The Bertz CT molecular complexity index is 758. The van der Waals surface area contributed by atoms with Gasteiger partial charge >= 0.3 is 0 Å². The molecule has 1 N–H and O–H groups in total. The Morgan fingerprint density at radius 2 is 1.80 bits per heavy atom. The molecule has 1 spiro atoms. The molecule has 7 heteroatoms. The Hall–Kier alpha value is -1.70. The van der Waals surface area contributed by atoms with E-state index in [9.17, 15) is 0 Å². The standard InChI is InChI=1S/C23H39N7/c1-20(2)16-28-10-4-23(5-11-28)6-12-29(19-23)14-15-30-13-9-26-22(30)18-27(3)17-21-24-7-8-25-21/h7-9,13,20H,4-6,10-12,14-19H2,1-3H3,(H,24,25). The SMILES string of the molecule is CC(C)CN1CCC2(CC1)CCN(CCn1ccnc1CN(C)Cc1ncc[nH]1)C2. The molecule has 0 aromatic carbocycles. The van der Waals surface area contributed by atoms with Crippen molar-refractivity contribution in [2.45, 2.75) is 52.7 Å². The van der Waals surface area contributed by atoms with Crippen molar-refractivity contribution in [2.24, 2.45) is 11.3 Å². The molecule has 7 nitrogen and oxygen atoms in total. The zero-order valence-corrected chi connectivity index (χ0v) is 19.1. The van der Waals surface area contributed by atoms with Gasteiger partial charge in [0.25, 0.3) is 0 Å². The first-order chi connectivity index (χ1) is 14.5. The van der Waals surface area contributed by atoms with Crippen LogP contribution in [-0.4, -0.2) is 80.5 Å². The third-order valence-electron chi connectivity index (χ3n) is 6.90. The van der Waals surface area contributed by atoms with Crippen molar-refractivity contribution in [1.82, 2.24) is 34.2 Å². The van der Waals surface area contributed by atoms with Crippen LogP contribution in [0, 0.1) is 11.3 Å². The van der Waals surface area contributed by atoms with Crippen LogP contribution < -0.4 is 0 Å². The second-order valence-electron chi connectivity index (χ2n) is 9.97. The van der Waals surface area contributed by atoms with E-state index in [2.05, 4.69) is 61.3 Å². The molecule has 0 saturated carbocycles. The summed E-state index contributed by atoms with van der Waals surface area (Å²) in [6.07, 6.45) is 11.9. The lowest BCUT2D eigenvalue weighted by molar-refractivity contribution is 0.0987. The molecule has 2 aromatic heterocycles. The van der Waals surface area contributed by atoms with Crippen molar-refractivity contribution in [2.75, 3.05) is 46.3 Å². The minimum Gasteiger partial charge on any atom is -0.348 e. The summed E-state index contributed by atoms with van der Waals surface area (Å²) in [6, 6.07) is 0. The molecule has 2 saturated heterocycles. The molecule has 4 rings (SSSR count). The normalized spacial score (nSPS) is 20.2. The van der Waals surface area contributed by atoms with Gasteiger partial charge in [-0.2, -0.15) is 0 Å². The van der Waals surface area contributed by atoms with Crippen LogP contribution in [0.4, 0.5) is 0 Å². The van der Waals surface area contributed by atoms with Crippen LogP contribution >= 0.6 is 0 Å². The van der Waals surface area contributed by atoms with Crippen molar-refractivity contribution >= 4 is 0 Å². The molecule has 0 atom stereocenters. The van der Waals surface area contributed by atoms with Crippen LogP contribution in [0.1, 0.15) is 44.8 Å². The van der Waals surface area contributed by atoms with Gasteiger partial charge in [0, 0.05) is 51.0 Å². The molecule has 2 fully saturated rings. The van der Waals surface area contributed by atoms with E-state index in [-0.39, 0.29) is 0 Å². The van der Waals surface area contributed by atoms with Crippen LogP contribution in [0.3, 0.4) is 0 Å². The molecule has 2 aromatic rings. The molecular formula is C23H39N7. The summed E-state index contributed by atoms with van der Waals surface area (Å²) in [4.78, 5) is 19.7. The molecule has 166 valence electrons. The fraction of sp³-hybridized carbons (Fsp3) is 0.739. The second kappa shape index (κ2) is 9.62. The zero-order chi connectivity index (χ0) is 21.0. The average Bonchev–Trinajstić information content (AvgIpc) is 3.45. The molecule has 0 bridgehead atoms. The van der Waals surface area contributed by atoms with Gasteiger partial charge in [0.1, 0.15) is 11.6 Å². The molecule has 0 unspecified atom stereocenters. The molecule has 0 aliphatic carbocycles. The van der Waals surface area contributed by atoms with Gasteiger partial charge in [-0.05, 0) is 57.3 Å². The second-order valence-corrected chi connectivity index (χ2v) is 9.97. The summed E-state index contributed by atoms with van der Waals surface area (Å²) in [5.74, 6) is 2.92. The molecular weight excluding hydrogens is 374 g/mol. The molecule has 2 aliphatic heterocycles. The summed E-state index contributed by atoms with van der Waals surface area (Å²) in [5, 5.41) is 0. The van der Waals surface area contributed by atoms with Crippen molar-refractivity contribution in [3.05, 3.63) is 36.4 Å². The van der Waals surface area contributed by atoms with Crippen LogP contribution in [0.5, 0.6) is 0 Å². The van der Waals surface area contributed by atoms with Crippen LogP contribution in [0.15, 0.2) is 24.8 Å². The number of hydrogen-bond acceptors (Lipinski definition) is 5. The van der Waals surface area contributed by atoms with Gasteiger partial charge in [-0.1, -0.05) is 13.8 Å².